The number of rotatable bonds is 5. The number of carbonyl (C=O) groups is 1. The van der Waals surface area contributed by atoms with E-state index < -0.39 is 21.5 Å². The Labute approximate surface area is 117 Å². The normalized spacial score (nSPS) is 17.1. The molecule has 0 bridgehead atoms. The van der Waals surface area contributed by atoms with Gasteiger partial charge in [-0.25, -0.2) is 8.42 Å². The van der Waals surface area contributed by atoms with Crippen molar-refractivity contribution in [3.8, 4) is 5.75 Å². The van der Waals surface area contributed by atoms with Crippen molar-refractivity contribution in [3.05, 3.63) is 36.4 Å². The third-order valence-corrected chi connectivity index (χ3v) is 4.76. The van der Waals surface area contributed by atoms with Gasteiger partial charge in [0.1, 0.15) is 11.3 Å². The summed E-state index contributed by atoms with van der Waals surface area (Å²) in [4.78, 5) is 11.4. The minimum atomic E-state index is -3.90. The molecule has 6 nitrogen and oxygen atoms in total. The minimum absolute atomic E-state index is 0.00539. The highest BCUT2D eigenvalue weighted by atomic mass is 32.2. The fourth-order valence-corrected chi connectivity index (χ4v) is 3.41. The van der Waals surface area contributed by atoms with E-state index in [1.54, 1.807) is 12.2 Å². The number of hydrogen-bond acceptors (Lipinski definition) is 4. The summed E-state index contributed by atoms with van der Waals surface area (Å²) in [6.45, 7) is 0. The number of ether oxygens (including phenoxy) is 1. The van der Waals surface area contributed by atoms with Crippen molar-refractivity contribution < 1.29 is 23.1 Å². The quantitative estimate of drug-likeness (QED) is 0.795. The molecule has 7 heteroatoms. The van der Waals surface area contributed by atoms with Crippen LogP contribution in [0.25, 0.3) is 0 Å². The number of sulfonamides is 1. The van der Waals surface area contributed by atoms with Crippen LogP contribution in [0.1, 0.15) is 12.8 Å². The predicted molar refractivity (Wildman–Crippen MR) is 72.1 cm³/mol. The number of carboxylic acid groups (broad SMARTS) is 1. The van der Waals surface area contributed by atoms with Crippen molar-refractivity contribution in [2.75, 3.05) is 7.11 Å². The van der Waals surface area contributed by atoms with Crippen molar-refractivity contribution in [3.63, 3.8) is 0 Å². The van der Waals surface area contributed by atoms with Gasteiger partial charge in [-0.05, 0) is 37.1 Å². The molecule has 0 heterocycles. The third-order valence-electron chi connectivity index (χ3n) is 3.21. The number of benzene rings is 1. The molecule has 0 spiro atoms. The molecule has 0 atom stereocenters. The van der Waals surface area contributed by atoms with E-state index in [0.29, 0.717) is 5.75 Å². The average Bonchev–Trinajstić information content (AvgIpc) is 2.88. The van der Waals surface area contributed by atoms with Gasteiger partial charge in [0.25, 0.3) is 0 Å². The molecule has 0 saturated heterocycles. The molecule has 0 saturated carbocycles. The van der Waals surface area contributed by atoms with E-state index in [4.69, 9.17) is 4.74 Å². The number of nitrogens with one attached hydrogen (secondary N) is 1. The maximum atomic E-state index is 12.3. The summed E-state index contributed by atoms with van der Waals surface area (Å²) in [5.74, 6) is -0.654. The molecule has 0 aliphatic heterocycles. The van der Waals surface area contributed by atoms with E-state index in [2.05, 4.69) is 4.72 Å². The number of hydrogen-bond donors (Lipinski definition) is 2. The number of carboxylic acids is 1. The summed E-state index contributed by atoms with van der Waals surface area (Å²) >= 11 is 0. The highest BCUT2D eigenvalue weighted by Crippen LogP contribution is 2.27. The van der Waals surface area contributed by atoms with Crippen LogP contribution in [0.3, 0.4) is 0 Å². The van der Waals surface area contributed by atoms with Crippen molar-refractivity contribution in [2.24, 2.45) is 0 Å². The molecular weight excluding hydrogens is 282 g/mol. The molecule has 0 aromatic heterocycles. The van der Waals surface area contributed by atoms with Crippen LogP contribution in [0.4, 0.5) is 0 Å². The lowest BCUT2D eigenvalue weighted by Crippen LogP contribution is -2.52. The standard InChI is InChI=1S/C13H15NO5S/c1-19-10-4-6-11(7-5-10)20(17,18)14-13(12(15)16)8-2-3-9-13/h2-7,14H,8-9H2,1H3,(H,15,16). The summed E-state index contributed by atoms with van der Waals surface area (Å²) in [5, 5.41) is 9.27. The molecule has 20 heavy (non-hydrogen) atoms. The van der Waals surface area contributed by atoms with Crippen molar-refractivity contribution in [2.45, 2.75) is 23.3 Å². The molecule has 0 amide bonds. The zero-order valence-electron chi connectivity index (χ0n) is 10.9. The van der Waals surface area contributed by atoms with Crippen LogP contribution in [-0.2, 0) is 14.8 Å². The molecule has 2 rings (SSSR count). The van der Waals surface area contributed by atoms with Crippen LogP contribution in [0.2, 0.25) is 0 Å². The van der Waals surface area contributed by atoms with Crippen molar-refractivity contribution in [1.82, 2.24) is 4.72 Å². The van der Waals surface area contributed by atoms with E-state index in [1.807, 2.05) is 0 Å². The second-order valence-electron chi connectivity index (χ2n) is 4.55. The van der Waals surface area contributed by atoms with E-state index in [9.17, 15) is 18.3 Å². The first-order valence-electron chi connectivity index (χ1n) is 5.96. The molecule has 108 valence electrons. The lowest BCUT2D eigenvalue weighted by molar-refractivity contribution is -0.143. The van der Waals surface area contributed by atoms with Gasteiger partial charge in [-0.15, -0.1) is 0 Å². The maximum absolute atomic E-state index is 12.3. The van der Waals surface area contributed by atoms with Gasteiger partial charge in [0.15, 0.2) is 0 Å². The highest BCUT2D eigenvalue weighted by molar-refractivity contribution is 7.89. The van der Waals surface area contributed by atoms with Crippen LogP contribution in [0.5, 0.6) is 5.75 Å². The topological polar surface area (TPSA) is 92.7 Å². The van der Waals surface area contributed by atoms with E-state index in [1.165, 1.54) is 31.4 Å². The molecular formula is C13H15NO5S. The Morgan fingerprint density at radius 1 is 1.25 bits per heavy atom. The van der Waals surface area contributed by atoms with Crippen molar-refractivity contribution >= 4 is 16.0 Å². The van der Waals surface area contributed by atoms with E-state index >= 15 is 0 Å². The van der Waals surface area contributed by atoms with Crippen molar-refractivity contribution in [1.29, 1.82) is 0 Å². The summed E-state index contributed by atoms with van der Waals surface area (Å²) in [6, 6.07) is 5.77. The van der Waals surface area contributed by atoms with Gasteiger partial charge < -0.3 is 9.84 Å². The number of methoxy groups -OCH3 is 1. The first kappa shape index (κ1) is 14.5. The van der Waals surface area contributed by atoms with Gasteiger partial charge >= 0.3 is 5.97 Å². The zero-order chi connectivity index (χ0) is 14.8. The Morgan fingerprint density at radius 3 is 2.25 bits per heavy atom. The van der Waals surface area contributed by atoms with Gasteiger partial charge in [-0.3, -0.25) is 4.79 Å². The molecule has 1 aliphatic rings. The first-order valence-corrected chi connectivity index (χ1v) is 7.44. The molecule has 1 aliphatic carbocycles. The third kappa shape index (κ3) is 2.68. The smallest absolute Gasteiger partial charge is 0.325 e. The second kappa shape index (κ2) is 5.26. The van der Waals surface area contributed by atoms with Gasteiger partial charge in [0, 0.05) is 0 Å². The summed E-state index contributed by atoms with van der Waals surface area (Å²) in [7, 11) is -2.42. The van der Waals surface area contributed by atoms with E-state index in [-0.39, 0.29) is 17.7 Å². The SMILES string of the molecule is COc1ccc(S(=O)(=O)NC2(C(=O)O)CC=CC2)cc1. The first-order chi connectivity index (χ1) is 9.39. The molecule has 1 aromatic rings. The van der Waals surface area contributed by atoms with Crippen LogP contribution < -0.4 is 9.46 Å². The summed E-state index contributed by atoms with van der Waals surface area (Å²) < 4.78 is 31.8. The van der Waals surface area contributed by atoms with Crippen LogP contribution in [-0.4, -0.2) is 32.1 Å². The van der Waals surface area contributed by atoms with Gasteiger partial charge in [-0.2, -0.15) is 4.72 Å². The zero-order valence-corrected chi connectivity index (χ0v) is 11.7. The van der Waals surface area contributed by atoms with Gasteiger partial charge in [0.05, 0.1) is 12.0 Å². The highest BCUT2D eigenvalue weighted by Gasteiger charge is 2.42. The Kier molecular flexibility index (Phi) is 3.82. The maximum Gasteiger partial charge on any atom is 0.325 e. The molecule has 0 radical (unpaired) electrons. The van der Waals surface area contributed by atoms with E-state index in [0.717, 1.165) is 0 Å². The summed E-state index contributed by atoms with van der Waals surface area (Å²) in [5.41, 5.74) is -1.49. The minimum Gasteiger partial charge on any atom is -0.497 e. The number of aliphatic carboxylic acids is 1. The Bertz CT molecular complexity index is 625. The molecule has 2 N–H and O–H groups in total. The molecule has 0 unspecified atom stereocenters. The summed E-state index contributed by atoms with van der Waals surface area (Å²) in [6.07, 6.45) is 3.59. The van der Waals surface area contributed by atoms with Gasteiger partial charge in [-0.1, -0.05) is 12.2 Å². The second-order valence-corrected chi connectivity index (χ2v) is 6.23. The van der Waals surface area contributed by atoms with Gasteiger partial charge in [0.2, 0.25) is 10.0 Å². The van der Waals surface area contributed by atoms with Crippen LogP contribution in [0, 0.1) is 0 Å². The Balaban J connectivity index is 2.28. The Morgan fingerprint density at radius 2 is 1.80 bits per heavy atom. The molecule has 0 fully saturated rings. The monoisotopic (exact) mass is 297 g/mol. The lowest BCUT2D eigenvalue weighted by atomic mass is 9.99. The fraction of sp³-hybridized carbons (Fsp3) is 0.308. The lowest BCUT2D eigenvalue weighted by Gasteiger charge is -2.25. The predicted octanol–water partition coefficient (Wildman–Crippen LogP) is 1.15. The Hall–Kier alpha value is -1.86. The molecule has 1 aromatic carbocycles. The largest absolute Gasteiger partial charge is 0.497 e. The fourth-order valence-electron chi connectivity index (χ4n) is 2.02. The van der Waals surface area contributed by atoms with Crippen LogP contribution >= 0.6 is 0 Å². The van der Waals surface area contributed by atoms with Crippen LogP contribution in [0.15, 0.2) is 41.3 Å². The average molecular weight is 297 g/mol.